The molecule has 13 nitrogen and oxygen atoms in total. The molecule has 0 spiro atoms. The van der Waals surface area contributed by atoms with Crippen LogP contribution >= 0.6 is 15.6 Å². The fourth-order valence-corrected chi connectivity index (χ4v) is 1.08. The number of aliphatic hydroxyl groups is 2. The molecule has 0 aliphatic heterocycles. The van der Waals surface area contributed by atoms with Crippen molar-refractivity contribution in [1.29, 1.82) is 0 Å². The third-order valence-corrected chi connectivity index (χ3v) is 2.05. The van der Waals surface area contributed by atoms with E-state index in [1.807, 2.05) is 0 Å². The summed E-state index contributed by atoms with van der Waals surface area (Å²) < 4.78 is 26.4. The van der Waals surface area contributed by atoms with Crippen LogP contribution in [0.5, 0.6) is 0 Å². The minimum Gasteiger partial charge on any atom is -0.873 e. The summed E-state index contributed by atoms with van der Waals surface area (Å²) >= 11 is 0. The molecule has 0 saturated heterocycles. The summed E-state index contributed by atoms with van der Waals surface area (Å²) in [7, 11) is -10.1. The van der Waals surface area contributed by atoms with Crippen molar-refractivity contribution in [2.24, 2.45) is 0 Å². The van der Waals surface area contributed by atoms with Crippen LogP contribution in [-0.2, 0) is 50.3 Å². The first-order chi connectivity index (χ1) is 8.91. The van der Waals surface area contributed by atoms with Gasteiger partial charge in [-0.25, -0.2) is 0 Å². The van der Waals surface area contributed by atoms with Gasteiger partial charge in [-0.15, -0.1) is 0 Å². The van der Waals surface area contributed by atoms with Crippen LogP contribution in [0.25, 0.3) is 0 Å². The Kier molecular flexibility index (Phi) is 19.8. The summed E-state index contributed by atoms with van der Waals surface area (Å²) in [5.74, 6) is 0. The monoisotopic (exact) mass is 412 g/mol. The number of hydrogen-bond donors (Lipinski definition) is 2. The van der Waals surface area contributed by atoms with Gasteiger partial charge in [0.15, 0.2) is 12.6 Å². The molecular formula is C6H14FeO13P2. The topological polar surface area (TPSA) is 254 Å². The second-order valence-electron chi connectivity index (χ2n) is 2.89. The number of carbonyl (C=O) groups excluding carboxylic acids is 2. The first kappa shape index (κ1) is 29.9. The number of carbonyl (C=O) groups is 2. The Bertz CT molecular complexity index is 341. The molecule has 0 aliphatic rings. The van der Waals surface area contributed by atoms with Crippen molar-refractivity contribution in [2.75, 3.05) is 13.2 Å². The fourth-order valence-electron chi connectivity index (χ4n) is 0.414. The number of aliphatic hydroxyl groups excluding tert-OH is 2. The largest absolute Gasteiger partial charge is 2.00 e. The maximum atomic E-state index is 9.67. The number of phosphoric acid groups is 2. The van der Waals surface area contributed by atoms with Gasteiger partial charge in [0, 0.05) is 0 Å². The van der Waals surface area contributed by atoms with Gasteiger partial charge in [-0.1, -0.05) is 0 Å². The van der Waals surface area contributed by atoms with Gasteiger partial charge in [-0.3, -0.25) is 0 Å². The zero-order valence-corrected chi connectivity index (χ0v) is 13.5. The molecular weight excluding hydrogens is 398 g/mol. The van der Waals surface area contributed by atoms with Crippen molar-refractivity contribution in [2.45, 2.75) is 12.2 Å². The van der Waals surface area contributed by atoms with Crippen molar-refractivity contribution in [3.63, 3.8) is 0 Å². The standard InChI is InChI=1S/2C3H7O6P.Fe.H4O/c2*4-1-3(5)2-9-10(6,7)8;;/h2*1,3,5H,2H2,(H2,6,7,8);;1H4/q;;2*+2/p-4. The van der Waals surface area contributed by atoms with E-state index in [2.05, 4.69) is 9.05 Å². The van der Waals surface area contributed by atoms with E-state index in [1.54, 1.807) is 0 Å². The molecule has 0 aromatic heterocycles. The van der Waals surface area contributed by atoms with Crippen LogP contribution in [0.4, 0.5) is 0 Å². The van der Waals surface area contributed by atoms with Crippen molar-refractivity contribution in [3.8, 4) is 0 Å². The summed E-state index contributed by atoms with van der Waals surface area (Å²) in [6.07, 6.45) is -2.99. The molecule has 0 fully saturated rings. The van der Waals surface area contributed by atoms with E-state index < -0.39 is 41.1 Å². The quantitative estimate of drug-likeness (QED) is 0.214. The number of rotatable bonds is 8. The van der Waals surface area contributed by atoms with E-state index in [4.69, 9.17) is 10.2 Å². The third kappa shape index (κ3) is 28.2. The van der Waals surface area contributed by atoms with Crippen LogP contribution in [0.15, 0.2) is 0 Å². The van der Waals surface area contributed by atoms with Gasteiger partial charge < -0.3 is 63.0 Å². The van der Waals surface area contributed by atoms with Gasteiger partial charge in [0.25, 0.3) is 0 Å². The Morgan fingerprint density at radius 3 is 1.23 bits per heavy atom. The maximum Gasteiger partial charge on any atom is 2.00 e. The van der Waals surface area contributed by atoms with Gasteiger partial charge in [-0.2, -0.15) is 0 Å². The van der Waals surface area contributed by atoms with Crippen LogP contribution in [0.2, 0.25) is 0 Å². The van der Waals surface area contributed by atoms with Crippen LogP contribution in [-0.4, -0.2) is 48.2 Å². The molecule has 0 rings (SSSR count). The molecule has 0 amide bonds. The summed E-state index contributed by atoms with van der Waals surface area (Å²) in [5.41, 5.74) is 0. The molecule has 0 aromatic carbocycles. The van der Waals surface area contributed by atoms with Crippen LogP contribution < -0.4 is 19.6 Å². The maximum absolute atomic E-state index is 9.67. The molecule has 0 aromatic rings. The minimum atomic E-state index is -5.05. The number of aldehydes is 2. The normalized spacial score (nSPS) is 13.4. The van der Waals surface area contributed by atoms with Gasteiger partial charge in [0.05, 0.1) is 28.9 Å². The number of hydrogen-bond acceptors (Lipinski definition) is 12. The Morgan fingerprint density at radius 1 is 0.864 bits per heavy atom. The second-order valence-corrected chi connectivity index (χ2v) is 5.20. The fraction of sp³-hybridized carbons (Fsp3) is 0.667. The third-order valence-electron chi connectivity index (χ3n) is 1.12. The Balaban J connectivity index is -0.000000135. The zero-order valence-electron chi connectivity index (χ0n) is 10.7. The first-order valence-electron chi connectivity index (χ1n) is 4.51. The van der Waals surface area contributed by atoms with E-state index in [1.165, 1.54) is 0 Å². The van der Waals surface area contributed by atoms with E-state index >= 15 is 0 Å². The summed E-state index contributed by atoms with van der Waals surface area (Å²) in [6, 6.07) is 0. The van der Waals surface area contributed by atoms with Crippen molar-refractivity contribution in [1.82, 2.24) is 0 Å². The van der Waals surface area contributed by atoms with Crippen LogP contribution in [0, 0.1) is 0 Å². The molecule has 134 valence electrons. The van der Waals surface area contributed by atoms with Crippen LogP contribution in [0.3, 0.4) is 0 Å². The summed E-state index contributed by atoms with van der Waals surface area (Å²) in [6.45, 7) is -1.62. The Hall–Kier alpha value is -0.0405. The minimum absolute atomic E-state index is 0. The molecule has 16 heteroatoms. The molecule has 0 saturated carbocycles. The van der Waals surface area contributed by atoms with E-state index in [0.29, 0.717) is 0 Å². The second kappa shape index (κ2) is 14.5. The average Bonchev–Trinajstić information content (AvgIpc) is 2.31. The molecule has 2 unspecified atom stereocenters. The SMILES string of the molecule is O=CC(O)COP(=O)([O-])[O-].O=CC(O)COP(=O)([O-])[O-].[Fe+2].[OH4+2]. The smallest absolute Gasteiger partial charge is 0.873 e. The Labute approximate surface area is 134 Å². The average molecular weight is 412 g/mol. The van der Waals surface area contributed by atoms with Gasteiger partial charge >= 0.3 is 17.1 Å². The predicted octanol–water partition coefficient (Wildman–Crippen LogP) is -6.41. The van der Waals surface area contributed by atoms with Gasteiger partial charge in [-0.05, 0) is 0 Å². The molecule has 0 aliphatic carbocycles. The molecule has 22 heavy (non-hydrogen) atoms. The molecule has 0 bridgehead atoms. The molecule has 0 radical (unpaired) electrons. The van der Waals surface area contributed by atoms with E-state index in [9.17, 15) is 38.3 Å². The summed E-state index contributed by atoms with van der Waals surface area (Å²) in [4.78, 5) is 57.9. The number of phosphoric ester groups is 2. The molecule has 6 N–H and O–H groups in total. The predicted molar refractivity (Wildman–Crippen MR) is 57.5 cm³/mol. The Morgan fingerprint density at radius 2 is 1.09 bits per heavy atom. The van der Waals surface area contributed by atoms with E-state index in [0.717, 1.165) is 0 Å². The van der Waals surface area contributed by atoms with Gasteiger partial charge in [0.2, 0.25) is 0 Å². The van der Waals surface area contributed by atoms with Crippen molar-refractivity contribution < 1.29 is 80.1 Å². The molecule has 0 heterocycles. The summed E-state index contributed by atoms with van der Waals surface area (Å²) in [5, 5.41) is 16.7. The van der Waals surface area contributed by atoms with Crippen molar-refractivity contribution >= 4 is 28.2 Å². The molecule has 2 atom stereocenters. The van der Waals surface area contributed by atoms with E-state index in [-0.39, 0.29) is 35.1 Å². The van der Waals surface area contributed by atoms with Crippen LogP contribution in [0.1, 0.15) is 0 Å². The first-order valence-corrected chi connectivity index (χ1v) is 7.43. The zero-order chi connectivity index (χ0) is 16.4. The van der Waals surface area contributed by atoms with Crippen molar-refractivity contribution in [3.05, 3.63) is 0 Å². The van der Waals surface area contributed by atoms with Gasteiger partial charge in [0.1, 0.15) is 12.2 Å².